The van der Waals surface area contributed by atoms with E-state index in [4.69, 9.17) is 0 Å². The smallest absolute Gasteiger partial charge is 0.282 e. The fourth-order valence-electron chi connectivity index (χ4n) is 2.46. The molecule has 0 unspecified atom stereocenters. The average molecular weight is 370 g/mol. The van der Waals surface area contributed by atoms with Crippen molar-refractivity contribution < 1.29 is 9.18 Å². The van der Waals surface area contributed by atoms with Crippen molar-refractivity contribution in [3.05, 3.63) is 76.0 Å². The quantitative estimate of drug-likeness (QED) is 0.690. The Morgan fingerprint density at radius 2 is 1.85 bits per heavy atom. The number of carbonyl (C=O) groups is 1. The number of halogens is 1. The molecule has 5 nitrogen and oxygen atoms in total. The van der Waals surface area contributed by atoms with Gasteiger partial charge in [-0.25, -0.2) is 4.39 Å². The summed E-state index contributed by atoms with van der Waals surface area (Å²) in [7, 11) is 0. The molecule has 26 heavy (non-hydrogen) atoms. The molecule has 0 spiro atoms. The van der Waals surface area contributed by atoms with E-state index < -0.39 is 0 Å². The van der Waals surface area contributed by atoms with E-state index in [0.29, 0.717) is 18.1 Å². The average Bonchev–Trinajstić information content (AvgIpc) is 3.15. The number of carbonyl (C=O) groups excluding carboxylic acids is 1. The van der Waals surface area contributed by atoms with Crippen LogP contribution in [0, 0.1) is 5.82 Å². The van der Waals surface area contributed by atoms with Crippen LogP contribution in [0.15, 0.2) is 54.6 Å². The van der Waals surface area contributed by atoms with Crippen molar-refractivity contribution in [1.82, 2.24) is 15.5 Å². The van der Waals surface area contributed by atoms with Crippen molar-refractivity contribution in [2.24, 2.45) is 0 Å². The normalized spacial score (nSPS) is 10.5. The standard InChI is InChI=1S/C19H19FN4OS/c1-2-24(16-6-4-3-5-7-16)13-17-22-23-19(26-17)18(25)21-12-14-8-10-15(20)11-9-14/h3-11H,2,12-13H2,1H3,(H,21,25). The first-order valence-corrected chi connectivity index (χ1v) is 9.12. The maximum atomic E-state index is 12.9. The zero-order valence-electron chi connectivity index (χ0n) is 14.4. The summed E-state index contributed by atoms with van der Waals surface area (Å²) in [6, 6.07) is 16.1. The lowest BCUT2D eigenvalue weighted by molar-refractivity contribution is 0.0950. The second-order valence-electron chi connectivity index (χ2n) is 5.66. The number of rotatable bonds is 7. The lowest BCUT2D eigenvalue weighted by Crippen LogP contribution is -2.22. The fourth-order valence-corrected chi connectivity index (χ4v) is 3.23. The molecule has 1 aromatic heterocycles. The second kappa shape index (κ2) is 8.53. The molecular formula is C19H19FN4OS. The van der Waals surface area contributed by atoms with Crippen LogP contribution in [0.4, 0.5) is 10.1 Å². The van der Waals surface area contributed by atoms with Gasteiger partial charge in [-0.05, 0) is 36.8 Å². The van der Waals surface area contributed by atoms with Crippen LogP contribution in [0.2, 0.25) is 0 Å². The second-order valence-corrected chi connectivity index (χ2v) is 6.72. The van der Waals surface area contributed by atoms with E-state index in [2.05, 4.69) is 27.3 Å². The first-order chi connectivity index (χ1) is 12.7. The molecule has 0 aliphatic carbocycles. The lowest BCUT2D eigenvalue weighted by atomic mass is 10.2. The highest BCUT2D eigenvalue weighted by Gasteiger charge is 2.14. The van der Waals surface area contributed by atoms with Crippen LogP contribution in [-0.4, -0.2) is 22.6 Å². The van der Waals surface area contributed by atoms with Gasteiger partial charge >= 0.3 is 0 Å². The van der Waals surface area contributed by atoms with Crippen LogP contribution < -0.4 is 10.2 Å². The van der Waals surface area contributed by atoms with Gasteiger partial charge in [-0.1, -0.05) is 41.7 Å². The highest BCUT2D eigenvalue weighted by molar-refractivity contribution is 7.13. The SMILES string of the molecule is CCN(Cc1nnc(C(=O)NCc2ccc(F)cc2)s1)c1ccccc1. The molecule has 0 saturated carbocycles. The zero-order chi connectivity index (χ0) is 18.4. The molecule has 7 heteroatoms. The summed E-state index contributed by atoms with van der Waals surface area (Å²) in [5.74, 6) is -0.575. The van der Waals surface area contributed by atoms with Gasteiger partial charge in [0, 0.05) is 18.8 Å². The van der Waals surface area contributed by atoms with Gasteiger partial charge in [-0.3, -0.25) is 4.79 Å². The van der Waals surface area contributed by atoms with E-state index in [1.807, 2.05) is 30.3 Å². The Morgan fingerprint density at radius 3 is 2.54 bits per heavy atom. The highest BCUT2D eigenvalue weighted by Crippen LogP contribution is 2.18. The van der Waals surface area contributed by atoms with Gasteiger partial charge in [0.2, 0.25) is 5.01 Å². The number of nitrogens with one attached hydrogen (secondary N) is 1. The van der Waals surface area contributed by atoms with Crippen molar-refractivity contribution in [2.45, 2.75) is 20.0 Å². The van der Waals surface area contributed by atoms with E-state index in [1.165, 1.54) is 23.5 Å². The molecule has 134 valence electrons. The highest BCUT2D eigenvalue weighted by atomic mass is 32.1. The molecule has 0 bridgehead atoms. The molecule has 0 radical (unpaired) electrons. The lowest BCUT2D eigenvalue weighted by Gasteiger charge is -2.21. The van der Waals surface area contributed by atoms with Crippen LogP contribution in [0.1, 0.15) is 27.3 Å². The van der Waals surface area contributed by atoms with E-state index in [1.54, 1.807) is 12.1 Å². The molecular weight excluding hydrogens is 351 g/mol. The zero-order valence-corrected chi connectivity index (χ0v) is 15.2. The Labute approximate surface area is 155 Å². The van der Waals surface area contributed by atoms with Crippen molar-refractivity contribution >= 4 is 22.9 Å². The van der Waals surface area contributed by atoms with Crippen molar-refractivity contribution in [3.8, 4) is 0 Å². The largest absolute Gasteiger partial charge is 0.365 e. The Balaban J connectivity index is 1.59. The number of anilines is 1. The molecule has 2 aromatic carbocycles. The van der Waals surface area contributed by atoms with Crippen LogP contribution >= 0.6 is 11.3 Å². The molecule has 3 aromatic rings. The van der Waals surface area contributed by atoms with Crippen LogP contribution in [-0.2, 0) is 13.1 Å². The fraction of sp³-hybridized carbons (Fsp3) is 0.211. The summed E-state index contributed by atoms with van der Waals surface area (Å²) < 4.78 is 12.9. The number of hydrogen-bond acceptors (Lipinski definition) is 5. The minimum Gasteiger partial charge on any atom is -0.365 e. The number of para-hydroxylation sites is 1. The van der Waals surface area contributed by atoms with Gasteiger partial charge in [0.05, 0.1) is 6.54 Å². The van der Waals surface area contributed by atoms with Gasteiger partial charge in [0.1, 0.15) is 10.8 Å². The molecule has 1 heterocycles. The van der Waals surface area contributed by atoms with E-state index >= 15 is 0 Å². The number of hydrogen-bond donors (Lipinski definition) is 1. The Bertz CT molecular complexity index is 851. The molecule has 1 amide bonds. The van der Waals surface area contributed by atoms with Crippen molar-refractivity contribution in [3.63, 3.8) is 0 Å². The van der Waals surface area contributed by atoms with Gasteiger partial charge in [0.25, 0.3) is 5.91 Å². The predicted octanol–water partition coefficient (Wildman–Crippen LogP) is 3.63. The third-order valence-electron chi connectivity index (χ3n) is 3.86. The maximum absolute atomic E-state index is 12.9. The Kier molecular flexibility index (Phi) is 5.91. The summed E-state index contributed by atoms with van der Waals surface area (Å²) >= 11 is 1.28. The molecule has 1 N–H and O–H groups in total. The molecule has 0 aliphatic heterocycles. The minimum atomic E-state index is -0.298. The Hall–Kier alpha value is -2.80. The number of amides is 1. The number of benzene rings is 2. The van der Waals surface area contributed by atoms with Crippen LogP contribution in [0.25, 0.3) is 0 Å². The molecule has 0 fully saturated rings. The van der Waals surface area contributed by atoms with Gasteiger partial charge < -0.3 is 10.2 Å². The van der Waals surface area contributed by atoms with Crippen LogP contribution in [0.5, 0.6) is 0 Å². The summed E-state index contributed by atoms with van der Waals surface area (Å²) in [6.45, 7) is 3.82. The van der Waals surface area contributed by atoms with E-state index in [9.17, 15) is 9.18 Å². The Morgan fingerprint density at radius 1 is 1.12 bits per heavy atom. The summed E-state index contributed by atoms with van der Waals surface area (Å²) in [5, 5.41) is 12.0. The van der Waals surface area contributed by atoms with Crippen molar-refractivity contribution in [1.29, 1.82) is 0 Å². The predicted molar refractivity (Wildman–Crippen MR) is 101 cm³/mol. The summed E-state index contributed by atoms with van der Waals surface area (Å²) in [4.78, 5) is 14.4. The molecule has 0 saturated heterocycles. The third-order valence-corrected chi connectivity index (χ3v) is 4.76. The topological polar surface area (TPSA) is 58.1 Å². The monoisotopic (exact) mass is 370 g/mol. The van der Waals surface area contributed by atoms with Crippen molar-refractivity contribution in [2.75, 3.05) is 11.4 Å². The number of nitrogens with zero attached hydrogens (tertiary/aromatic N) is 3. The molecule has 0 atom stereocenters. The number of aromatic nitrogens is 2. The maximum Gasteiger partial charge on any atom is 0.282 e. The third kappa shape index (κ3) is 4.64. The minimum absolute atomic E-state index is 0.277. The van der Waals surface area contributed by atoms with Gasteiger partial charge in [-0.2, -0.15) is 0 Å². The first kappa shape index (κ1) is 18.0. The first-order valence-electron chi connectivity index (χ1n) is 8.30. The summed E-state index contributed by atoms with van der Waals surface area (Å²) in [5.41, 5.74) is 1.93. The molecule has 3 rings (SSSR count). The van der Waals surface area contributed by atoms with Crippen LogP contribution in [0.3, 0.4) is 0 Å². The molecule has 0 aliphatic rings. The van der Waals surface area contributed by atoms with Gasteiger partial charge in [0.15, 0.2) is 0 Å². The van der Waals surface area contributed by atoms with E-state index in [0.717, 1.165) is 22.8 Å². The summed E-state index contributed by atoms with van der Waals surface area (Å²) in [6.07, 6.45) is 0. The van der Waals surface area contributed by atoms with E-state index in [-0.39, 0.29) is 11.7 Å². The van der Waals surface area contributed by atoms with Gasteiger partial charge in [-0.15, -0.1) is 10.2 Å².